The molecule has 39 heavy (non-hydrogen) atoms. The number of esters is 1. The van der Waals surface area contributed by atoms with Gasteiger partial charge in [-0.15, -0.1) is 12.0 Å². The van der Waals surface area contributed by atoms with Crippen molar-refractivity contribution in [3.05, 3.63) is 46.7 Å². The Kier molecular flexibility index (Phi) is 11.9. The Hall–Kier alpha value is -0.931. The van der Waals surface area contributed by atoms with E-state index in [2.05, 4.69) is 89.3 Å². The van der Waals surface area contributed by atoms with Crippen molar-refractivity contribution in [2.24, 2.45) is 0 Å². The van der Waals surface area contributed by atoms with Gasteiger partial charge >= 0.3 is 5.97 Å². The zero-order valence-electron chi connectivity index (χ0n) is 26.4. The standard InChI is InChI=1S/C15H34B20O4/c1-10(36)37-7-11-2-14(38-8-12-5-26(12)34(30(20)21)32(24)28(16)17)4-15(3-11)39-9-13-6-27(13)35(31(22)23)33(25)29(18)19/h2-6H,7-9,16-25H2,1H3. The fraction of sp³-hybridized carbons (Fsp3) is 0.267. The van der Waals surface area contributed by atoms with Crippen LogP contribution in [0.15, 0.2) is 41.1 Å². The SMILES string of the molecule is BB(B)B(B)B(B(B)B)B1C=C1COc1cc(COC(C)=O)cc(OCC2=CB2B(B(B)B)B(B)B(B)B)c1. The van der Waals surface area contributed by atoms with E-state index < -0.39 is 0 Å². The van der Waals surface area contributed by atoms with Gasteiger partial charge < -0.3 is 14.2 Å². The molecule has 0 radical (unpaired) electrons. The summed E-state index contributed by atoms with van der Waals surface area (Å²) >= 11 is 0. The quantitative estimate of drug-likeness (QED) is 0.169. The zero-order chi connectivity index (χ0) is 29.0. The minimum absolute atomic E-state index is 0.211. The van der Waals surface area contributed by atoms with Gasteiger partial charge in [0, 0.05) is 64.1 Å². The van der Waals surface area contributed by atoms with E-state index in [1.54, 1.807) is 0 Å². The Bertz CT molecular complexity index is 995. The highest BCUT2D eigenvalue weighted by atomic mass is 16.5. The summed E-state index contributed by atoms with van der Waals surface area (Å²) in [6, 6.07) is 5.89. The number of carbonyl (C=O) groups is 1. The van der Waals surface area contributed by atoms with Crippen molar-refractivity contribution in [1.82, 2.24) is 0 Å². The summed E-state index contributed by atoms with van der Waals surface area (Å²) in [5.41, 5.74) is 3.65. The lowest BCUT2D eigenvalue weighted by molar-refractivity contribution is -0.142. The van der Waals surface area contributed by atoms with Gasteiger partial charge in [-0.25, -0.2) is 0 Å². The van der Waals surface area contributed by atoms with Crippen LogP contribution in [0.5, 0.6) is 11.5 Å². The van der Waals surface area contributed by atoms with Crippen molar-refractivity contribution in [1.29, 1.82) is 0 Å². The molecule has 2 heterocycles. The molecule has 0 N–H and O–H groups in total. The average molecular weight is 495 g/mol. The van der Waals surface area contributed by atoms with Crippen LogP contribution in [0.2, 0.25) is 0 Å². The predicted octanol–water partition coefficient (Wildman–Crippen LogP) is -10.6. The molecule has 0 aliphatic carbocycles. The van der Waals surface area contributed by atoms with Crippen molar-refractivity contribution in [2.75, 3.05) is 13.2 Å². The first-order chi connectivity index (χ1) is 18.3. The van der Waals surface area contributed by atoms with Crippen molar-refractivity contribution in [3.63, 3.8) is 0 Å². The highest BCUT2D eigenvalue weighted by Crippen LogP contribution is 2.29. The Morgan fingerprint density at radius 3 is 1.41 bits per heavy atom. The second kappa shape index (κ2) is 14.3. The summed E-state index contributed by atoms with van der Waals surface area (Å²) < 4.78 is 17.9. The van der Waals surface area contributed by atoms with Crippen molar-refractivity contribution < 1.29 is 19.0 Å². The Morgan fingerprint density at radius 1 is 0.667 bits per heavy atom. The first kappa shape index (κ1) is 32.6. The van der Waals surface area contributed by atoms with E-state index in [4.69, 9.17) is 14.2 Å². The normalized spacial score (nSPS) is 12.8. The third-order valence-electron chi connectivity index (χ3n) is 9.30. The fourth-order valence-electron chi connectivity index (χ4n) is 6.36. The fourth-order valence-corrected chi connectivity index (χ4v) is 6.36. The molecular weight excluding hydrogens is 460 g/mol. The highest BCUT2D eigenvalue weighted by Gasteiger charge is 2.45. The summed E-state index contributed by atoms with van der Waals surface area (Å²) in [6.45, 7) is 3.88. The summed E-state index contributed by atoms with van der Waals surface area (Å²) in [4.78, 5) is 11.4. The van der Waals surface area contributed by atoms with Crippen LogP contribution in [-0.2, 0) is 16.1 Å². The van der Waals surface area contributed by atoms with Crippen LogP contribution in [-0.4, -0.2) is 161 Å². The number of rotatable bonds is 16. The third-order valence-corrected chi connectivity index (χ3v) is 9.30. The van der Waals surface area contributed by atoms with E-state index in [1.165, 1.54) is 17.9 Å². The van der Waals surface area contributed by atoms with E-state index >= 15 is 0 Å². The van der Waals surface area contributed by atoms with Crippen LogP contribution in [0.4, 0.5) is 0 Å². The topological polar surface area (TPSA) is 44.8 Å². The van der Waals surface area contributed by atoms with Crippen LogP contribution in [0, 0.1) is 0 Å². The van der Waals surface area contributed by atoms with Crippen LogP contribution in [0.3, 0.4) is 0 Å². The van der Waals surface area contributed by atoms with Gasteiger partial charge in [0.25, 0.3) is 0 Å². The summed E-state index contributed by atoms with van der Waals surface area (Å²) in [6.07, 6.45) is 5.20. The number of ether oxygens (including phenoxy) is 3. The van der Waals surface area contributed by atoms with E-state index in [1.807, 2.05) is 18.2 Å². The lowest BCUT2D eigenvalue weighted by atomic mass is 8.57. The van der Waals surface area contributed by atoms with E-state index in [0.29, 0.717) is 77.5 Å². The molecule has 24 heteroatoms. The first-order valence-corrected chi connectivity index (χ1v) is 15.2. The summed E-state index contributed by atoms with van der Waals surface area (Å²) in [7, 11) is 23.4. The van der Waals surface area contributed by atoms with Gasteiger partial charge in [0.1, 0.15) is 44.5 Å². The molecule has 1 aromatic rings. The number of hydrogen-bond donors (Lipinski definition) is 0. The molecule has 0 saturated heterocycles. The van der Waals surface area contributed by atoms with Gasteiger partial charge in [-0.3, -0.25) is 4.79 Å². The minimum Gasteiger partial charge on any atom is -0.490 e. The Morgan fingerprint density at radius 2 is 1.08 bits per heavy atom. The maximum absolute atomic E-state index is 11.4. The van der Waals surface area contributed by atoms with Crippen LogP contribution < -0.4 is 9.47 Å². The summed E-state index contributed by atoms with van der Waals surface area (Å²) in [5, 5.41) is 0. The molecule has 178 valence electrons. The number of benzene rings is 1. The molecule has 0 amide bonds. The Labute approximate surface area is 250 Å². The zero-order valence-corrected chi connectivity index (χ0v) is 26.4. The molecule has 4 nitrogen and oxygen atoms in total. The highest BCUT2D eigenvalue weighted by molar-refractivity contribution is 8.02. The average Bonchev–Trinajstić information content (AvgIpc) is 3.77. The maximum atomic E-state index is 11.4. The van der Waals surface area contributed by atoms with Crippen molar-refractivity contribution in [2.45, 2.75) is 13.5 Å². The predicted molar refractivity (Wildman–Crippen MR) is 212 cm³/mol. The molecule has 2 aliphatic rings. The van der Waals surface area contributed by atoms with Gasteiger partial charge in [0.15, 0.2) is 0 Å². The van der Waals surface area contributed by atoms with Gasteiger partial charge in [0.2, 0.25) is 0 Å². The molecular formula is C15H34B20O4. The van der Waals surface area contributed by atoms with Gasteiger partial charge in [0.05, 0.1) is 77.4 Å². The Balaban J connectivity index is 1.63. The minimum atomic E-state index is -0.293. The van der Waals surface area contributed by atoms with Crippen molar-refractivity contribution in [3.8, 4) is 11.5 Å². The smallest absolute Gasteiger partial charge is 0.302 e. The van der Waals surface area contributed by atoms with Crippen LogP contribution in [0.1, 0.15) is 12.5 Å². The van der Waals surface area contributed by atoms with E-state index in [0.717, 1.165) is 17.1 Å². The molecule has 3 rings (SSSR count). The van der Waals surface area contributed by atoms with Crippen molar-refractivity contribution >= 4 is 148 Å². The van der Waals surface area contributed by atoms with E-state index in [-0.39, 0.29) is 12.6 Å². The van der Waals surface area contributed by atoms with Gasteiger partial charge in [-0.2, -0.15) is 0 Å². The van der Waals surface area contributed by atoms with Gasteiger partial charge in [-0.05, 0) is 17.7 Å². The molecule has 0 fully saturated rings. The number of hydrogen-bond acceptors (Lipinski definition) is 4. The largest absolute Gasteiger partial charge is 0.490 e. The molecule has 0 spiro atoms. The number of carbonyl (C=O) groups excluding carboxylic acids is 1. The second-order valence-corrected chi connectivity index (χ2v) is 13.6. The maximum Gasteiger partial charge on any atom is 0.302 e. The first-order valence-electron chi connectivity index (χ1n) is 15.2. The molecule has 0 unspecified atom stereocenters. The van der Waals surface area contributed by atoms with E-state index in [9.17, 15) is 4.79 Å². The lowest BCUT2D eigenvalue weighted by Crippen LogP contribution is -2.64. The van der Waals surface area contributed by atoms with Crippen LogP contribution in [0.25, 0.3) is 0 Å². The molecule has 0 bridgehead atoms. The monoisotopic (exact) mass is 498 g/mol. The summed E-state index contributed by atoms with van der Waals surface area (Å²) in [5.74, 6) is 5.99. The molecule has 0 atom stereocenters. The third kappa shape index (κ3) is 9.29. The van der Waals surface area contributed by atoms with Crippen LogP contribution >= 0.6 is 0 Å². The lowest BCUT2D eigenvalue weighted by Gasteiger charge is -2.24. The molecule has 1 aromatic carbocycles. The molecule has 2 aliphatic heterocycles. The van der Waals surface area contributed by atoms with Gasteiger partial charge in [-0.1, -0.05) is 10.9 Å². The molecule has 0 aromatic heterocycles. The molecule has 0 saturated carbocycles. The second-order valence-electron chi connectivity index (χ2n) is 13.6.